The third-order valence-electron chi connectivity index (χ3n) is 3.92. The van der Waals surface area contributed by atoms with E-state index in [0.717, 1.165) is 30.7 Å². The number of aromatic nitrogens is 2. The maximum atomic E-state index is 6.24. The average Bonchev–Trinajstić information content (AvgIpc) is 2.92. The van der Waals surface area contributed by atoms with Gasteiger partial charge in [0.2, 0.25) is 0 Å². The van der Waals surface area contributed by atoms with E-state index in [0.29, 0.717) is 0 Å². The van der Waals surface area contributed by atoms with Gasteiger partial charge < -0.3 is 10.3 Å². The Labute approximate surface area is 125 Å². The van der Waals surface area contributed by atoms with Crippen molar-refractivity contribution in [1.82, 2.24) is 9.55 Å². The Morgan fingerprint density at radius 1 is 1.05 bits per heavy atom. The minimum absolute atomic E-state index is 0.00632. The molecule has 1 heterocycles. The maximum Gasteiger partial charge on any atom is 0.126 e. The first-order valence-corrected chi connectivity index (χ1v) is 7.54. The molecular formula is C18H21N3. The van der Waals surface area contributed by atoms with Crippen molar-refractivity contribution in [3.05, 3.63) is 66.0 Å². The van der Waals surface area contributed by atoms with Gasteiger partial charge in [0.05, 0.1) is 17.1 Å². The number of aryl methyl sites for hydroxylation is 2. The van der Waals surface area contributed by atoms with Crippen LogP contribution in [-0.2, 0) is 13.0 Å². The summed E-state index contributed by atoms with van der Waals surface area (Å²) >= 11 is 0. The number of nitrogens with two attached hydrogens (primary N) is 1. The molecule has 3 rings (SSSR count). The fourth-order valence-electron chi connectivity index (χ4n) is 2.68. The maximum absolute atomic E-state index is 6.24. The lowest BCUT2D eigenvalue weighted by Crippen LogP contribution is -2.16. The molecule has 0 aliphatic rings. The van der Waals surface area contributed by atoms with Crippen molar-refractivity contribution in [3.8, 4) is 0 Å². The van der Waals surface area contributed by atoms with Gasteiger partial charge in [0.25, 0.3) is 0 Å². The van der Waals surface area contributed by atoms with E-state index in [2.05, 4.69) is 60.0 Å². The molecule has 21 heavy (non-hydrogen) atoms. The largest absolute Gasteiger partial charge is 0.326 e. The second-order valence-corrected chi connectivity index (χ2v) is 5.36. The molecule has 3 heteroatoms. The predicted molar refractivity (Wildman–Crippen MR) is 87.1 cm³/mol. The Balaban J connectivity index is 1.95. The van der Waals surface area contributed by atoms with Crippen molar-refractivity contribution in [2.75, 3.05) is 0 Å². The number of para-hydroxylation sites is 2. The van der Waals surface area contributed by atoms with Crippen molar-refractivity contribution < 1.29 is 0 Å². The van der Waals surface area contributed by atoms with E-state index in [1.807, 2.05) is 6.07 Å². The first-order chi connectivity index (χ1) is 10.3. The highest BCUT2D eigenvalue weighted by Crippen LogP contribution is 2.21. The van der Waals surface area contributed by atoms with Crippen molar-refractivity contribution in [1.29, 1.82) is 0 Å². The molecule has 0 spiro atoms. The van der Waals surface area contributed by atoms with Crippen molar-refractivity contribution in [2.24, 2.45) is 5.73 Å². The van der Waals surface area contributed by atoms with Crippen LogP contribution in [0.15, 0.2) is 54.6 Å². The van der Waals surface area contributed by atoms with Crippen molar-refractivity contribution in [2.45, 2.75) is 32.4 Å². The molecule has 1 aromatic heterocycles. The summed E-state index contributed by atoms with van der Waals surface area (Å²) in [4.78, 5) is 4.73. The number of imidazole rings is 1. The van der Waals surface area contributed by atoms with E-state index < -0.39 is 0 Å². The first-order valence-electron chi connectivity index (χ1n) is 7.54. The summed E-state index contributed by atoms with van der Waals surface area (Å²) in [6.45, 7) is 3.01. The number of benzene rings is 2. The number of hydrogen-bond donors (Lipinski definition) is 1. The van der Waals surface area contributed by atoms with Crippen LogP contribution in [0.2, 0.25) is 0 Å². The number of hydrogen-bond acceptors (Lipinski definition) is 2. The van der Waals surface area contributed by atoms with Crippen LogP contribution < -0.4 is 5.73 Å². The highest BCUT2D eigenvalue weighted by molar-refractivity contribution is 5.76. The Hall–Kier alpha value is -2.13. The molecule has 0 saturated heterocycles. The average molecular weight is 279 g/mol. The van der Waals surface area contributed by atoms with Crippen LogP contribution in [0.3, 0.4) is 0 Å². The minimum Gasteiger partial charge on any atom is -0.326 e. The van der Waals surface area contributed by atoms with Gasteiger partial charge in [0, 0.05) is 6.54 Å². The van der Waals surface area contributed by atoms with Crippen LogP contribution in [-0.4, -0.2) is 9.55 Å². The summed E-state index contributed by atoms with van der Waals surface area (Å²) in [7, 11) is 0. The minimum atomic E-state index is -0.00632. The smallest absolute Gasteiger partial charge is 0.126 e. The molecule has 0 aliphatic heterocycles. The molecule has 3 aromatic rings. The number of fused-ring (bicyclic) bond motifs is 1. The van der Waals surface area contributed by atoms with Crippen LogP contribution in [0.25, 0.3) is 11.0 Å². The lowest BCUT2D eigenvalue weighted by atomic mass is 10.1. The Kier molecular flexibility index (Phi) is 4.02. The van der Waals surface area contributed by atoms with Gasteiger partial charge >= 0.3 is 0 Å². The standard InChI is InChI=1S/C18H21N3/c1-2-15(19)18-20-16-10-6-7-11-17(16)21(18)13-12-14-8-4-3-5-9-14/h3-11,15H,2,12-13,19H2,1H3. The second-order valence-electron chi connectivity index (χ2n) is 5.36. The molecule has 1 unspecified atom stereocenters. The number of rotatable bonds is 5. The second kappa shape index (κ2) is 6.10. The molecule has 0 radical (unpaired) electrons. The van der Waals surface area contributed by atoms with E-state index in [4.69, 9.17) is 10.7 Å². The van der Waals surface area contributed by atoms with Crippen LogP contribution in [0.4, 0.5) is 0 Å². The van der Waals surface area contributed by atoms with Gasteiger partial charge in [0.15, 0.2) is 0 Å². The molecule has 3 nitrogen and oxygen atoms in total. The fraction of sp³-hybridized carbons (Fsp3) is 0.278. The van der Waals surface area contributed by atoms with Crippen LogP contribution in [0, 0.1) is 0 Å². The molecule has 1 atom stereocenters. The number of nitrogens with zero attached hydrogens (tertiary/aromatic N) is 2. The van der Waals surface area contributed by atoms with Gasteiger partial charge in [-0.1, -0.05) is 49.4 Å². The van der Waals surface area contributed by atoms with Crippen LogP contribution >= 0.6 is 0 Å². The lowest BCUT2D eigenvalue weighted by Gasteiger charge is -2.13. The predicted octanol–water partition coefficient (Wildman–Crippen LogP) is 3.69. The normalized spacial score (nSPS) is 12.7. The molecule has 0 fully saturated rings. The summed E-state index contributed by atoms with van der Waals surface area (Å²) in [5.41, 5.74) is 9.79. The van der Waals surface area contributed by atoms with E-state index in [-0.39, 0.29) is 6.04 Å². The lowest BCUT2D eigenvalue weighted by molar-refractivity contribution is 0.581. The van der Waals surface area contributed by atoms with Gasteiger partial charge in [-0.3, -0.25) is 0 Å². The van der Waals surface area contributed by atoms with E-state index in [1.54, 1.807) is 0 Å². The van der Waals surface area contributed by atoms with Gasteiger partial charge in [0.1, 0.15) is 5.82 Å². The molecule has 2 aromatic carbocycles. The Morgan fingerprint density at radius 3 is 2.52 bits per heavy atom. The first kappa shape index (κ1) is 13.8. The van der Waals surface area contributed by atoms with E-state index >= 15 is 0 Å². The van der Waals surface area contributed by atoms with E-state index in [9.17, 15) is 0 Å². The fourth-order valence-corrected chi connectivity index (χ4v) is 2.68. The van der Waals surface area contributed by atoms with Gasteiger partial charge in [-0.2, -0.15) is 0 Å². The van der Waals surface area contributed by atoms with Gasteiger partial charge in [-0.25, -0.2) is 4.98 Å². The summed E-state index contributed by atoms with van der Waals surface area (Å²) < 4.78 is 2.27. The zero-order valence-corrected chi connectivity index (χ0v) is 12.4. The monoisotopic (exact) mass is 279 g/mol. The molecule has 0 bridgehead atoms. The zero-order chi connectivity index (χ0) is 14.7. The summed E-state index contributed by atoms with van der Waals surface area (Å²) in [5, 5.41) is 0. The van der Waals surface area contributed by atoms with Gasteiger partial charge in [-0.15, -0.1) is 0 Å². The molecule has 0 saturated carbocycles. The van der Waals surface area contributed by atoms with Gasteiger partial charge in [-0.05, 0) is 30.5 Å². The highest BCUT2D eigenvalue weighted by atomic mass is 15.1. The molecule has 108 valence electrons. The summed E-state index contributed by atoms with van der Waals surface area (Å²) in [6.07, 6.45) is 1.89. The topological polar surface area (TPSA) is 43.8 Å². The molecule has 0 amide bonds. The molecule has 0 aliphatic carbocycles. The highest BCUT2D eigenvalue weighted by Gasteiger charge is 2.15. The van der Waals surface area contributed by atoms with Crippen LogP contribution in [0.1, 0.15) is 30.8 Å². The summed E-state index contributed by atoms with van der Waals surface area (Å²) in [6, 6.07) is 18.8. The Morgan fingerprint density at radius 2 is 1.76 bits per heavy atom. The Bertz CT molecular complexity index is 716. The van der Waals surface area contributed by atoms with Crippen molar-refractivity contribution >= 4 is 11.0 Å². The molecular weight excluding hydrogens is 258 g/mol. The third-order valence-corrected chi connectivity index (χ3v) is 3.92. The quantitative estimate of drug-likeness (QED) is 0.774. The summed E-state index contributed by atoms with van der Waals surface area (Å²) in [5.74, 6) is 0.995. The third kappa shape index (κ3) is 2.83. The van der Waals surface area contributed by atoms with Crippen molar-refractivity contribution in [3.63, 3.8) is 0 Å². The van der Waals surface area contributed by atoms with E-state index in [1.165, 1.54) is 11.1 Å². The molecule has 2 N–H and O–H groups in total. The van der Waals surface area contributed by atoms with Crippen LogP contribution in [0.5, 0.6) is 0 Å². The SMILES string of the molecule is CCC(N)c1nc2ccccc2n1CCc1ccccc1. The zero-order valence-electron chi connectivity index (χ0n) is 12.4.